The molecule has 0 fully saturated rings. The molecule has 382 valence electrons. The highest BCUT2D eigenvalue weighted by atomic mass is 31.2. The van der Waals surface area contributed by atoms with Gasteiger partial charge in [0.25, 0.3) is 0 Å². The van der Waals surface area contributed by atoms with Gasteiger partial charge in [-0.25, -0.2) is 4.57 Å². The Morgan fingerprint density at radius 2 is 0.833 bits per heavy atom. The maximum atomic E-state index is 12.8. The van der Waals surface area contributed by atoms with E-state index < -0.39 is 57.8 Å². The lowest BCUT2D eigenvalue weighted by Gasteiger charge is -2.21. The second-order valence-corrected chi connectivity index (χ2v) is 18.8. The van der Waals surface area contributed by atoms with Crippen LogP contribution in [0, 0.1) is 0 Å². The molecule has 0 aromatic rings. The third-order valence-electron chi connectivity index (χ3n) is 10.9. The SMILES string of the molecule is CC/C=C\C/C=C\C/C=C\C/C=C\CCC(=O)OC(CO)COP(=O)(O)OCC(COC(=O)CCCCCCC/C=C\CCCC)OC(=O)CCCCCCCCCCCCCCCCC. The number of carbonyl (C=O) groups is 3. The van der Waals surface area contributed by atoms with E-state index in [1.807, 2.05) is 12.2 Å². The van der Waals surface area contributed by atoms with Crippen molar-refractivity contribution in [3.63, 3.8) is 0 Å². The van der Waals surface area contributed by atoms with E-state index >= 15 is 0 Å². The summed E-state index contributed by atoms with van der Waals surface area (Å²) in [4.78, 5) is 48.2. The Hall–Kier alpha value is -2.82. The van der Waals surface area contributed by atoms with E-state index in [1.165, 1.54) is 83.5 Å². The Morgan fingerprint density at radius 1 is 0.439 bits per heavy atom. The van der Waals surface area contributed by atoms with Crippen LogP contribution in [0.25, 0.3) is 0 Å². The van der Waals surface area contributed by atoms with Gasteiger partial charge in [0.1, 0.15) is 12.7 Å². The topological polar surface area (TPSA) is 155 Å². The van der Waals surface area contributed by atoms with E-state index in [4.69, 9.17) is 23.3 Å². The van der Waals surface area contributed by atoms with Crippen molar-refractivity contribution in [1.29, 1.82) is 0 Å². The molecule has 0 aliphatic heterocycles. The van der Waals surface area contributed by atoms with Crippen LogP contribution in [-0.4, -0.2) is 66.5 Å². The van der Waals surface area contributed by atoms with Crippen LogP contribution >= 0.6 is 7.82 Å². The number of aliphatic hydroxyl groups is 1. The first-order chi connectivity index (χ1) is 32.2. The van der Waals surface area contributed by atoms with Crippen molar-refractivity contribution in [3.05, 3.63) is 60.8 Å². The van der Waals surface area contributed by atoms with E-state index in [9.17, 15) is 28.9 Å². The van der Waals surface area contributed by atoms with Gasteiger partial charge in [-0.05, 0) is 64.2 Å². The predicted molar refractivity (Wildman–Crippen MR) is 270 cm³/mol. The number of esters is 3. The normalized spacial score (nSPS) is 14.0. The van der Waals surface area contributed by atoms with Crippen molar-refractivity contribution < 1.29 is 52.2 Å². The van der Waals surface area contributed by atoms with Crippen molar-refractivity contribution in [1.82, 2.24) is 0 Å². The molecule has 12 heteroatoms. The highest BCUT2D eigenvalue weighted by Crippen LogP contribution is 2.43. The predicted octanol–water partition coefficient (Wildman–Crippen LogP) is 14.8. The Morgan fingerprint density at radius 3 is 1.35 bits per heavy atom. The first kappa shape index (κ1) is 63.2. The molecule has 66 heavy (non-hydrogen) atoms. The zero-order valence-electron chi connectivity index (χ0n) is 41.9. The average Bonchev–Trinajstić information content (AvgIpc) is 3.30. The lowest BCUT2D eigenvalue weighted by Crippen LogP contribution is -2.30. The summed E-state index contributed by atoms with van der Waals surface area (Å²) in [5.41, 5.74) is 0. The van der Waals surface area contributed by atoms with E-state index in [2.05, 4.69) is 69.4 Å². The van der Waals surface area contributed by atoms with E-state index in [0.717, 1.165) is 83.5 Å². The third-order valence-corrected chi connectivity index (χ3v) is 11.9. The number of phosphoric ester groups is 1. The van der Waals surface area contributed by atoms with Crippen LogP contribution in [0.4, 0.5) is 0 Å². The number of hydrogen-bond acceptors (Lipinski definition) is 10. The molecule has 0 spiro atoms. The molecule has 0 aliphatic carbocycles. The molecule has 0 saturated heterocycles. The van der Waals surface area contributed by atoms with Crippen LogP contribution in [0.15, 0.2) is 60.8 Å². The van der Waals surface area contributed by atoms with Gasteiger partial charge in [-0.1, -0.05) is 204 Å². The van der Waals surface area contributed by atoms with Crippen molar-refractivity contribution in [2.75, 3.05) is 26.4 Å². The summed E-state index contributed by atoms with van der Waals surface area (Å²) in [6.45, 7) is 4.39. The fourth-order valence-electron chi connectivity index (χ4n) is 6.94. The molecule has 2 N–H and O–H groups in total. The summed E-state index contributed by atoms with van der Waals surface area (Å²) in [7, 11) is -4.76. The van der Waals surface area contributed by atoms with Crippen molar-refractivity contribution >= 4 is 25.7 Å². The summed E-state index contributed by atoms with van der Waals surface area (Å²) >= 11 is 0. The van der Waals surface area contributed by atoms with Gasteiger partial charge in [0, 0.05) is 19.3 Å². The Kier molecular flexibility index (Phi) is 46.6. The highest BCUT2D eigenvalue weighted by Gasteiger charge is 2.28. The van der Waals surface area contributed by atoms with E-state index in [-0.39, 0.29) is 25.9 Å². The second-order valence-electron chi connectivity index (χ2n) is 17.3. The number of phosphoric acid groups is 1. The van der Waals surface area contributed by atoms with E-state index in [0.29, 0.717) is 19.3 Å². The average molecular weight is 951 g/mol. The van der Waals surface area contributed by atoms with Gasteiger partial charge in [-0.3, -0.25) is 23.4 Å². The maximum Gasteiger partial charge on any atom is 0.472 e. The summed E-state index contributed by atoms with van der Waals surface area (Å²) < 4.78 is 39.2. The Labute approximate surface area is 402 Å². The van der Waals surface area contributed by atoms with E-state index in [1.54, 1.807) is 0 Å². The van der Waals surface area contributed by atoms with Crippen LogP contribution in [-0.2, 0) is 42.2 Å². The number of carbonyl (C=O) groups excluding carboxylic acids is 3. The fourth-order valence-corrected chi connectivity index (χ4v) is 7.72. The number of ether oxygens (including phenoxy) is 3. The van der Waals surface area contributed by atoms with Gasteiger partial charge in [-0.15, -0.1) is 0 Å². The number of allylic oxidation sites excluding steroid dienone is 10. The number of hydrogen-bond donors (Lipinski definition) is 2. The zero-order chi connectivity index (χ0) is 48.4. The standard InChI is InChI=1S/C54H95O11P/c1-4-7-10-13-16-19-22-24-25-27-30-33-36-39-42-45-54(58)65-51(47-61-52(56)43-40-37-34-31-28-21-18-15-12-9-6-3)49-63-66(59,60)62-48-50(46-55)64-53(57)44-41-38-35-32-29-26-23-20-17-14-11-8-5-2/h8,11,15,17-18,20,26,29,35,38,50-51,55H,4-7,9-10,12-14,16,19,21-25,27-28,30-34,36-37,39-49H2,1-3H3,(H,59,60)/b11-8-,18-15-,20-17-,29-26-,38-35-. The quantitative estimate of drug-likeness (QED) is 0.0197. The third kappa shape index (κ3) is 46.3. The van der Waals surface area contributed by atoms with Crippen molar-refractivity contribution in [2.24, 2.45) is 0 Å². The van der Waals surface area contributed by atoms with Crippen LogP contribution in [0.5, 0.6) is 0 Å². The molecule has 0 radical (unpaired) electrons. The van der Waals surface area contributed by atoms with Crippen molar-refractivity contribution in [3.8, 4) is 0 Å². The van der Waals surface area contributed by atoms with Crippen LogP contribution in [0.1, 0.15) is 226 Å². The van der Waals surface area contributed by atoms with Crippen LogP contribution in [0.3, 0.4) is 0 Å². The smallest absolute Gasteiger partial charge is 0.462 e. The largest absolute Gasteiger partial charge is 0.472 e. The molecule has 11 nitrogen and oxygen atoms in total. The molecule has 0 bridgehead atoms. The van der Waals surface area contributed by atoms with Gasteiger partial charge >= 0.3 is 25.7 Å². The fraction of sp³-hybridized carbons (Fsp3) is 0.759. The summed E-state index contributed by atoms with van der Waals surface area (Å²) in [6, 6.07) is 0. The number of aliphatic hydroxyl groups excluding tert-OH is 1. The number of unbranched alkanes of at least 4 members (excludes halogenated alkanes) is 21. The summed E-state index contributed by atoms with van der Waals surface area (Å²) in [5.74, 6) is -1.56. The van der Waals surface area contributed by atoms with Crippen LogP contribution < -0.4 is 0 Å². The summed E-state index contributed by atoms with van der Waals surface area (Å²) in [6.07, 6.45) is 50.7. The Bertz CT molecular complexity index is 1340. The molecular weight excluding hydrogens is 856 g/mol. The Balaban J connectivity index is 4.78. The number of rotatable bonds is 48. The molecular formula is C54H95O11P. The molecule has 0 aromatic heterocycles. The van der Waals surface area contributed by atoms with Gasteiger partial charge in [0.2, 0.25) is 0 Å². The minimum Gasteiger partial charge on any atom is -0.462 e. The molecule has 3 atom stereocenters. The van der Waals surface area contributed by atoms with Gasteiger partial charge in [-0.2, -0.15) is 0 Å². The minimum atomic E-state index is -4.76. The van der Waals surface area contributed by atoms with Gasteiger partial charge in [0.15, 0.2) is 6.10 Å². The lowest BCUT2D eigenvalue weighted by molar-refractivity contribution is -0.161. The lowest BCUT2D eigenvalue weighted by atomic mass is 10.0. The van der Waals surface area contributed by atoms with Gasteiger partial charge in [0.05, 0.1) is 19.8 Å². The monoisotopic (exact) mass is 951 g/mol. The molecule has 0 saturated carbocycles. The molecule has 0 rings (SSSR count). The molecule has 3 unspecified atom stereocenters. The highest BCUT2D eigenvalue weighted by molar-refractivity contribution is 7.47. The zero-order valence-corrected chi connectivity index (χ0v) is 42.8. The maximum absolute atomic E-state index is 12.8. The first-order valence-corrected chi connectivity index (χ1v) is 27.7. The minimum absolute atomic E-state index is 0.0558. The molecule has 0 amide bonds. The van der Waals surface area contributed by atoms with Crippen LogP contribution in [0.2, 0.25) is 0 Å². The second kappa shape index (κ2) is 48.6. The summed E-state index contributed by atoms with van der Waals surface area (Å²) in [5, 5.41) is 9.75. The molecule has 0 aliphatic rings. The molecule has 0 aromatic carbocycles. The van der Waals surface area contributed by atoms with Crippen molar-refractivity contribution in [2.45, 2.75) is 238 Å². The van der Waals surface area contributed by atoms with Gasteiger partial charge < -0.3 is 24.2 Å². The first-order valence-electron chi connectivity index (χ1n) is 26.2. The molecule has 0 heterocycles.